The normalized spacial score (nSPS) is 21.1. The molecule has 1 unspecified atom stereocenters. The van der Waals surface area contributed by atoms with Crippen LogP contribution in [-0.2, 0) is 16.6 Å². The van der Waals surface area contributed by atoms with Crippen LogP contribution in [0, 0.1) is 0 Å². The van der Waals surface area contributed by atoms with Crippen molar-refractivity contribution in [1.82, 2.24) is 9.71 Å². The van der Waals surface area contributed by atoms with Crippen LogP contribution in [0.25, 0.3) is 0 Å². The van der Waals surface area contributed by atoms with Crippen molar-refractivity contribution in [3.05, 3.63) is 18.0 Å². The molecule has 0 spiro atoms. The van der Waals surface area contributed by atoms with Gasteiger partial charge in [0.05, 0.1) is 4.90 Å². The molecule has 0 aromatic carbocycles. The van der Waals surface area contributed by atoms with Gasteiger partial charge >= 0.3 is 0 Å². The fourth-order valence-electron chi connectivity index (χ4n) is 1.63. The largest absolute Gasteiger partial charge is 0.363 e. The van der Waals surface area contributed by atoms with Gasteiger partial charge < -0.3 is 10.7 Å². The van der Waals surface area contributed by atoms with Gasteiger partial charge in [-0.05, 0) is 6.07 Å². The summed E-state index contributed by atoms with van der Waals surface area (Å²) in [5.74, 6) is 3.26. The zero-order chi connectivity index (χ0) is 13.0. The van der Waals surface area contributed by atoms with Crippen molar-refractivity contribution in [1.29, 1.82) is 0 Å². The first-order valence-electron chi connectivity index (χ1n) is 5.68. The molecule has 0 saturated carbocycles. The van der Waals surface area contributed by atoms with Crippen LogP contribution in [0.2, 0.25) is 0 Å². The number of aromatic nitrogens is 1. The highest BCUT2D eigenvalue weighted by Gasteiger charge is 2.20. The molecule has 2 rings (SSSR count). The second-order valence-electron chi connectivity index (χ2n) is 3.98. The first-order chi connectivity index (χ1) is 8.62. The molecule has 8 heteroatoms. The van der Waals surface area contributed by atoms with Crippen LogP contribution in [0.1, 0.15) is 5.69 Å². The number of thioether (sulfide) groups is 2. The standard InChI is InChI=1S/C10H17N3O2S3/c11-4-8-3-10(6-12-8)18(14,15)13-5-9-7-16-1-2-17-9/h3,6,9,12-13H,1-2,4-5,7,11H2. The van der Waals surface area contributed by atoms with Gasteiger partial charge in [0.1, 0.15) is 0 Å². The molecule has 1 aromatic heterocycles. The van der Waals surface area contributed by atoms with Crippen LogP contribution >= 0.6 is 23.5 Å². The first kappa shape index (κ1) is 14.3. The Morgan fingerprint density at radius 3 is 2.94 bits per heavy atom. The van der Waals surface area contributed by atoms with E-state index < -0.39 is 10.0 Å². The summed E-state index contributed by atoms with van der Waals surface area (Å²) in [5.41, 5.74) is 6.17. The maximum Gasteiger partial charge on any atom is 0.242 e. The van der Waals surface area contributed by atoms with Crippen LogP contribution in [0.15, 0.2) is 17.2 Å². The molecule has 1 saturated heterocycles. The fraction of sp³-hybridized carbons (Fsp3) is 0.600. The van der Waals surface area contributed by atoms with Crippen molar-refractivity contribution in [2.45, 2.75) is 16.7 Å². The molecule has 102 valence electrons. The molecule has 0 amide bonds. The third-order valence-electron chi connectivity index (χ3n) is 2.63. The van der Waals surface area contributed by atoms with Crippen LogP contribution in [0.3, 0.4) is 0 Å². The number of rotatable bonds is 5. The molecular formula is C10H17N3O2S3. The van der Waals surface area contributed by atoms with Gasteiger partial charge in [-0.2, -0.15) is 23.5 Å². The van der Waals surface area contributed by atoms with E-state index in [9.17, 15) is 8.42 Å². The Labute approximate surface area is 116 Å². The maximum atomic E-state index is 12.0. The van der Waals surface area contributed by atoms with Crippen molar-refractivity contribution in [2.24, 2.45) is 5.73 Å². The third-order valence-corrected chi connectivity index (χ3v) is 6.88. The minimum Gasteiger partial charge on any atom is -0.363 e. The topological polar surface area (TPSA) is 88.0 Å². The van der Waals surface area contributed by atoms with Gasteiger partial charge in [0.25, 0.3) is 0 Å². The monoisotopic (exact) mass is 307 g/mol. The fourth-order valence-corrected chi connectivity index (χ4v) is 5.45. The minimum absolute atomic E-state index is 0.261. The summed E-state index contributed by atoms with van der Waals surface area (Å²) >= 11 is 3.71. The third kappa shape index (κ3) is 3.67. The predicted octanol–water partition coefficient (Wildman–Crippen LogP) is 0.600. The highest BCUT2D eigenvalue weighted by Crippen LogP contribution is 2.23. The molecule has 1 fully saturated rings. The molecular weight excluding hydrogens is 290 g/mol. The number of hydrogen-bond donors (Lipinski definition) is 3. The van der Waals surface area contributed by atoms with Gasteiger partial charge in [0.15, 0.2) is 0 Å². The van der Waals surface area contributed by atoms with E-state index in [1.54, 1.807) is 6.07 Å². The van der Waals surface area contributed by atoms with E-state index in [0.29, 0.717) is 18.3 Å². The van der Waals surface area contributed by atoms with Crippen LogP contribution in [-0.4, -0.2) is 42.5 Å². The van der Waals surface area contributed by atoms with Crippen molar-refractivity contribution in [3.8, 4) is 0 Å². The van der Waals surface area contributed by atoms with E-state index in [4.69, 9.17) is 5.73 Å². The Bertz CT molecular complexity index is 480. The van der Waals surface area contributed by atoms with Crippen molar-refractivity contribution in [2.75, 3.05) is 23.8 Å². The lowest BCUT2D eigenvalue weighted by Crippen LogP contribution is -2.33. The molecule has 5 nitrogen and oxygen atoms in total. The van der Waals surface area contributed by atoms with Crippen LogP contribution in [0.4, 0.5) is 0 Å². The van der Waals surface area contributed by atoms with Gasteiger partial charge in [0, 0.05) is 47.5 Å². The summed E-state index contributed by atoms with van der Waals surface area (Å²) in [6.07, 6.45) is 1.48. The minimum atomic E-state index is -3.41. The lowest BCUT2D eigenvalue weighted by molar-refractivity contribution is 0.581. The lowest BCUT2D eigenvalue weighted by Gasteiger charge is -2.20. The van der Waals surface area contributed by atoms with Gasteiger partial charge in [-0.25, -0.2) is 13.1 Å². The van der Waals surface area contributed by atoms with E-state index in [2.05, 4.69) is 9.71 Å². The molecule has 2 heterocycles. The Kier molecular flexibility index (Phi) is 5.02. The number of hydrogen-bond acceptors (Lipinski definition) is 5. The SMILES string of the molecule is NCc1cc(S(=O)(=O)NCC2CSCCS2)c[nH]1. The number of nitrogens with two attached hydrogens (primary N) is 1. The Morgan fingerprint density at radius 2 is 2.33 bits per heavy atom. The first-order valence-corrected chi connectivity index (χ1v) is 9.37. The number of H-pyrrole nitrogens is 1. The molecule has 1 atom stereocenters. The Hall–Kier alpha value is -0.150. The highest BCUT2D eigenvalue weighted by molar-refractivity contribution is 8.06. The summed E-state index contributed by atoms with van der Waals surface area (Å²) in [6, 6.07) is 1.57. The average Bonchev–Trinajstić information content (AvgIpc) is 2.87. The molecule has 0 aliphatic carbocycles. The second-order valence-corrected chi connectivity index (χ2v) is 8.31. The molecule has 4 N–H and O–H groups in total. The molecule has 0 bridgehead atoms. The number of nitrogens with one attached hydrogen (secondary N) is 2. The van der Waals surface area contributed by atoms with Crippen molar-refractivity contribution < 1.29 is 8.42 Å². The van der Waals surface area contributed by atoms with Gasteiger partial charge in [-0.3, -0.25) is 0 Å². The smallest absolute Gasteiger partial charge is 0.242 e. The summed E-state index contributed by atoms with van der Waals surface area (Å²) in [5, 5.41) is 0.367. The zero-order valence-electron chi connectivity index (χ0n) is 9.89. The summed E-state index contributed by atoms with van der Waals surface area (Å²) in [7, 11) is -3.41. The highest BCUT2D eigenvalue weighted by atomic mass is 32.2. The average molecular weight is 307 g/mol. The van der Waals surface area contributed by atoms with Gasteiger partial charge in [-0.1, -0.05) is 0 Å². The molecule has 1 aromatic rings. The van der Waals surface area contributed by atoms with Crippen molar-refractivity contribution >= 4 is 33.5 Å². The maximum absolute atomic E-state index is 12.0. The van der Waals surface area contributed by atoms with Gasteiger partial charge in [0.2, 0.25) is 10.0 Å². The number of aromatic amines is 1. The predicted molar refractivity (Wildman–Crippen MR) is 77.4 cm³/mol. The molecule has 0 radical (unpaired) electrons. The molecule has 1 aliphatic heterocycles. The summed E-state index contributed by atoms with van der Waals surface area (Å²) < 4.78 is 26.7. The molecule has 1 aliphatic rings. The van der Waals surface area contributed by atoms with E-state index >= 15 is 0 Å². The van der Waals surface area contributed by atoms with E-state index in [-0.39, 0.29) is 4.90 Å². The van der Waals surface area contributed by atoms with E-state index in [0.717, 1.165) is 23.0 Å². The zero-order valence-corrected chi connectivity index (χ0v) is 12.3. The summed E-state index contributed by atoms with van der Waals surface area (Å²) in [4.78, 5) is 3.11. The van der Waals surface area contributed by atoms with Crippen LogP contribution in [0.5, 0.6) is 0 Å². The number of sulfonamides is 1. The Balaban J connectivity index is 1.94. The molecule has 18 heavy (non-hydrogen) atoms. The van der Waals surface area contributed by atoms with E-state index in [1.807, 2.05) is 23.5 Å². The van der Waals surface area contributed by atoms with E-state index in [1.165, 1.54) is 6.20 Å². The second kappa shape index (κ2) is 6.33. The van der Waals surface area contributed by atoms with Crippen molar-refractivity contribution in [3.63, 3.8) is 0 Å². The van der Waals surface area contributed by atoms with Crippen LogP contribution < -0.4 is 10.5 Å². The summed E-state index contributed by atoms with van der Waals surface area (Å²) in [6.45, 7) is 0.799. The lowest BCUT2D eigenvalue weighted by atomic mass is 10.4. The Morgan fingerprint density at radius 1 is 1.50 bits per heavy atom. The quantitative estimate of drug-likeness (QED) is 0.741. The van der Waals surface area contributed by atoms with Gasteiger partial charge in [-0.15, -0.1) is 0 Å².